The van der Waals surface area contributed by atoms with Gasteiger partial charge in [-0.25, -0.2) is 8.42 Å². The van der Waals surface area contributed by atoms with Crippen molar-refractivity contribution in [2.45, 2.75) is 12.8 Å². The largest absolute Gasteiger partial charge is 0.383 e. The van der Waals surface area contributed by atoms with E-state index < -0.39 is 9.84 Å². The number of ether oxygens (including phenoxy) is 1. The Bertz CT molecular complexity index is 519. The number of hydrogen-bond acceptors (Lipinski definition) is 4. The molecule has 120 valence electrons. The molecule has 1 atom stereocenters. The molecule has 0 amide bonds. The van der Waals surface area contributed by atoms with Gasteiger partial charge in [0, 0.05) is 24.4 Å². The second kappa shape index (κ2) is 9.56. The number of methoxy groups -OCH3 is 1. The van der Waals surface area contributed by atoms with Gasteiger partial charge in [0.1, 0.15) is 9.84 Å². The summed E-state index contributed by atoms with van der Waals surface area (Å²) in [6.07, 6.45) is 2.82. The third-order valence-corrected chi connectivity index (χ3v) is 5.03. The van der Waals surface area contributed by atoms with Gasteiger partial charge in [-0.1, -0.05) is 34.1 Å². The van der Waals surface area contributed by atoms with Gasteiger partial charge >= 0.3 is 0 Å². The number of rotatable bonds is 10. The average molecular weight is 378 g/mol. The normalized spacial score (nSPS) is 13.3. The Labute approximate surface area is 136 Å². The first-order chi connectivity index (χ1) is 9.92. The second-order valence-electron chi connectivity index (χ2n) is 5.28. The predicted octanol–water partition coefficient (Wildman–Crippen LogP) is 2.28. The maximum Gasteiger partial charge on any atom is 0.147 e. The summed E-state index contributed by atoms with van der Waals surface area (Å²) in [6, 6.07) is 8.08. The summed E-state index contributed by atoms with van der Waals surface area (Å²) in [7, 11) is -1.25. The molecule has 1 rings (SSSR count). The van der Waals surface area contributed by atoms with Crippen LogP contribution in [0.25, 0.3) is 0 Å². The van der Waals surface area contributed by atoms with Crippen molar-refractivity contribution in [3.63, 3.8) is 0 Å². The molecule has 0 bridgehead atoms. The van der Waals surface area contributed by atoms with Gasteiger partial charge in [-0.05, 0) is 36.9 Å². The minimum absolute atomic E-state index is 0.230. The second-order valence-corrected chi connectivity index (χ2v) is 8.39. The van der Waals surface area contributed by atoms with Gasteiger partial charge < -0.3 is 10.1 Å². The van der Waals surface area contributed by atoms with E-state index in [1.54, 1.807) is 7.11 Å². The average Bonchev–Trinajstić information content (AvgIpc) is 2.42. The molecule has 0 spiro atoms. The van der Waals surface area contributed by atoms with Crippen molar-refractivity contribution in [1.29, 1.82) is 0 Å². The van der Waals surface area contributed by atoms with Gasteiger partial charge in [-0.15, -0.1) is 0 Å². The van der Waals surface area contributed by atoms with Crippen molar-refractivity contribution < 1.29 is 13.2 Å². The molecular formula is C15H24BrNO3S. The fraction of sp³-hybridized carbons (Fsp3) is 0.600. The summed E-state index contributed by atoms with van der Waals surface area (Å²) in [5.74, 6) is 0.518. The summed E-state index contributed by atoms with van der Waals surface area (Å²) >= 11 is 3.55. The van der Waals surface area contributed by atoms with Crippen LogP contribution < -0.4 is 5.32 Å². The molecule has 1 aromatic rings. The summed E-state index contributed by atoms with van der Waals surface area (Å²) < 4.78 is 28.8. The van der Waals surface area contributed by atoms with Crippen LogP contribution in [0.1, 0.15) is 12.0 Å². The molecule has 0 aromatic heterocycles. The van der Waals surface area contributed by atoms with E-state index in [1.807, 2.05) is 18.2 Å². The molecule has 0 saturated carbocycles. The lowest BCUT2D eigenvalue weighted by molar-refractivity contribution is 0.197. The van der Waals surface area contributed by atoms with Crippen LogP contribution in [0.4, 0.5) is 0 Å². The van der Waals surface area contributed by atoms with E-state index in [1.165, 1.54) is 11.8 Å². The highest BCUT2D eigenvalue weighted by atomic mass is 79.9. The first kappa shape index (κ1) is 18.6. The van der Waals surface area contributed by atoms with E-state index in [0.29, 0.717) is 13.0 Å². The molecule has 1 aromatic carbocycles. The van der Waals surface area contributed by atoms with Crippen molar-refractivity contribution in [2.24, 2.45) is 5.92 Å². The minimum atomic E-state index is -2.92. The SMILES string of the molecule is COCCNCC(CCS(C)(=O)=O)Cc1ccccc1Br. The molecule has 21 heavy (non-hydrogen) atoms. The Kier molecular flexibility index (Phi) is 8.48. The molecule has 4 nitrogen and oxygen atoms in total. The van der Waals surface area contributed by atoms with Gasteiger partial charge in [-0.2, -0.15) is 0 Å². The molecule has 0 aliphatic heterocycles. The van der Waals surface area contributed by atoms with E-state index in [9.17, 15) is 8.42 Å². The zero-order chi connectivity index (χ0) is 15.7. The number of nitrogens with one attached hydrogen (secondary N) is 1. The molecule has 0 saturated heterocycles. The van der Waals surface area contributed by atoms with Crippen LogP contribution in [0.2, 0.25) is 0 Å². The predicted molar refractivity (Wildman–Crippen MR) is 90.4 cm³/mol. The van der Waals surface area contributed by atoms with Crippen molar-refractivity contribution in [3.05, 3.63) is 34.3 Å². The Morgan fingerprint density at radius 2 is 2.05 bits per heavy atom. The molecule has 0 fully saturated rings. The van der Waals surface area contributed by atoms with E-state index in [0.717, 1.165) is 24.0 Å². The molecule has 1 N–H and O–H groups in total. The van der Waals surface area contributed by atoms with Gasteiger partial charge in [-0.3, -0.25) is 0 Å². The Balaban J connectivity index is 2.60. The van der Waals surface area contributed by atoms with E-state index >= 15 is 0 Å². The summed E-state index contributed by atoms with van der Waals surface area (Å²) in [5, 5.41) is 3.33. The van der Waals surface area contributed by atoms with Crippen LogP contribution in [-0.2, 0) is 21.0 Å². The van der Waals surface area contributed by atoms with Crippen molar-refractivity contribution >= 4 is 25.8 Å². The Morgan fingerprint density at radius 1 is 1.33 bits per heavy atom. The Morgan fingerprint density at radius 3 is 2.67 bits per heavy atom. The Hall–Kier alpha value is -0.430. The molecular weight excluding hydrogens is 354 g/mol. The molecule has 0 radical (unpaired) electrons. The lowest BCUT2D eigenvalue weighted by Gasteiger charge is -2.18. The molecule has 0 aliphatic carbocycles. The fourth-order valence-corrected chi connectivity index (χ4v) is 3.32. The number of halogens is 1. The molecule has 6 heteroatoms. The van der Waals surface area contributed by atoms with E-state index in [2.05, 4.69) is 27.3 Å². The maximum absolute atomic E-state index is 11.4. The summed E-state index contributed by atoms with van der Waals surface area (Å²) in [5.41, 5.74) is 1.21. The first-order valence-electron chi connectivity index (χ1n) is 7.03. The monoisotopic (exact) mass is 377 g/mol. The highest BCUT2D eigenvalue weighted by molar-refractivity contribution is 9.10. The molecule has 0 aliphatic rings. The lowest BCUT2D eigenvalue weighted by Crippen LogP contribution is -2.28. The fourth-order valence-electron chi connectivity index (χ4n) is 2.11. The van der Waals surface area contributed by atoms with Gasteiger partial charge in [0.05, 0.1) is 12.4 Å². The van der Waals surface area contributed by atoms with Crippen LogP contribution in [0.5, 0.6) is 0 Å². The zero-order valence-corrected chi connectivity index (χ0v) is 15.0. The smallest absolute Gasteiger partial charge is 0.147 e. The van der Waals surface area contributed by atoms with Gasteiger partial charge in [0.25, 0.3) is 0 Å². The van der Waals surface area contributed by atoms with Crippen LogP contribution in [-0.4, -0.2) is 47.2 Å². The quantitative estimate of drug-likeness (QED) is 0.635. The minimum Gasteiger partial charge on any atom is -0.383 e. The van der Waals surface area contributed by atoms with Crippen LogP contribution in [0, 0.1) is 5.92 Å². The third kappa shape index (κ3) is 8.56. The number of sulfone groups is 1. The molecule has 1 unspecified atom stereocenters. The van der Waals surface area contributed by atoms with Crippen LogP contribution in [0.15, 0.2) is 28.7 Å². The van der Waals surface area contributed by atoms with Gasteiger partial charge in [0.15, 0.2) is 0 Å². The van der Waals surface area contributed by atoms with Crippen molar-refractivity contribution in [3.8, 4) is 0 Å². The van der Waals surface area contributed by atoms with Crippen molar-refractivity contribution in [2.75, 3.05) is 38.8 Å². The third-order valence-electron chi connectivity index (χ3n) is 3.28. The molecule has 0 heterocycles. The standard InChI is InChI=1S/C15H24BrNO3S/c1-20-9-8-17-12-13(7-10-21(2,18)19)11-14-5-3-4-6-15(14)16/h3-6,13,17H,7-12H2,1-2H3. The van der Waals surface area contributed by atoms with E-state index in [4.69, 9.17) is 4.74 Å². The zero-order valence-electron chi connectivity index (χ0n) is 12.6. The van der Waals surface area contributed by atoms with Crippen LogP contribution >= 0.6 is 15.9 Å². The first-order valence-corrected chi connectivity index (χ1v) is 9.88. The summed E-state index contributed by atoms with van der Waals surface area (Å²) in [4.78, 5) is 0. The highest BCUT2D eigenvalue weighted by Gasteiger charge is 2.14. The topological polar surface area (TPSA) is 55.4 Å². The lowest BCUT2D eigenvalue weighted by atomic mass is 9.97. The van der Waals surface area contributed by atoms with Crippen LogP contribution in [0.3, 0.4) is 0 Å². The maximum atomic E-state index is 11.4. The highest BCUT2D eigenvalue weighted by Crippen LogP contribution is 2.21. The number of hydrogen-bond donors (Lipinski definition) is 1. The number of benzene rings is 1. The van der Waals surface area contributed by atoms with E-state index in [-0.39, 0.29) is 11.7 Å². The van der Waals surface area contributed by atoms with Gasteiger partial charge in [0.2, 0.25) is 0 Å². The summed E-state index contributed by atoms with van der Waals surface area (Å²) in [6.45, 7) is 2.23. The van der Waals surface area contributed by atoms with Crippen molar-refractivity contribution in [1.82, 2.24) is 5.32 Å².